The Kier molecular flexibility index (Phi) is 6.72. The van der Waals surface area contributed by atoms with Crippen molar-refractivity contribution in [1.82, 2.24) is 0 Å². The predicted molar refractivity (Wildman–Crippen MR) is 95.3 cm³/mol. The largest absolute Gasteiger partial charge is 0.391 e. The first-order valence-electron chi connectivity index (χ1n) is 9.40. The van der Waals surface area contributed by atoms with Crippen LogP contribution in [0, 0.1) is 23.7 Å². The van der Waals surface area contributed by atoms with Gasteiger partial charge in [-0.15, -0.1) is 0 Å². The highest BCUT2D eigenvalue weighted by atomic mass is 31.2. The number of ether oxygens (including phenoxy) is 1. The molecule has 0 aromatic rings. The third-order valence-electron chi connectivity index (χ3n) is 6.54. The molecule has 2 aliphatic carbocycles. The van der Waals surface area contributed by atoms with E-state index < -0.39 is 25.9 Å². The molecule has 6 heteroatoms. The zero-order valence-corrected chi connectivity index (χ0v) is 16.6. The van der Waals surface area contributed by atoms with E-state index in [2.05, 4.69) is 27.7 Å². The van der Waals surface area contributed by atoms with Gasteiger partial charge in [-0.05, 0) is 49.9 Å². The molecule has 0 aliphatic heterocycles. The van der Waals surface area contributed by atoms with Crippen molar-refractivity contribution >= 4 is 8.60 Å². The van der Waals surface area contributed by atoms with Gasteiger partial charge >= 0.3 is 8.60 Å². The molecule has 2 rings (SSSR count). The van der Waals surface area contributed by atoms with Crippen LogP contribution in [0.1, 0.15) is 66.7 Å². The first kappa shape index (κ1) is 20.5. The van der Waals surface area contributed by atoms with Crippen LogP contribution < -0.4 is 0 Å². The molecule has 0 aromatic heterocycles. The van der Waals surface area contributed by atoms with E-state index >= 15 is 0 Å². The van der Waals surface area contributed by atoms with Gasteiger partial charge in [0.15, 0.2) is 0 Å². The molecule has 2 fully saturated rings. The average Bonchev–Trinajstić information content (AvgIpc) is 3.19. The summed E-state index contributed by atoms with van der Waals surface area (Å²) < 4.78 is 12.0. The summed E-state index contributed by atoms with van der Waals surface area (Å²) in [4.78, 5) is 19.2. The van der Waals surface area contributed by atoms with Gasteiger partial charge in [0.1, 0.15) is 5.60 Å². The third kappa shape index (κ3) is 3.82. The van der Waals surface area contributed by atoms with Crippen molar-refractivity contribution < 1.29 is 24.2 Å². The second kappa shape index (κ2) is 7.85. The van der Waals surface area contributed by atoms with Crippen molar-refractivity contribution in [2.45, 2.75) is 84.0 Å². The fraction of sp³-hybridized carbons (Fsp3) is 1.00. The lowest BCUT2D eigenvalue weighted by molar-refractivity contribution is -0.218. The van der Waals surface area contributed by atoms with Crippen LogP contribution in [-0.4, -0.2) is 38.8 Å². The molecule has 2 saturated carbocycles. The van der Waals surface area contributed by atoms with E-state index in [1.165, 1.54) is 0 Å². The van der Waals surface area contributed by atoms with E-state index in [1.54, 1.807) is 6.92 Å². The first-order chi connectivity index (χ1) is 11.2. The molecule has 0 heterocycles. The standard InChI is InChI=1S/C18H35O5P/c1-6-12(3)15-8-17(9-15,22-11-14(5)19)18(23-24(20)21)10-16(18)13(4)7-2/h12-16,19-21H,6-11H2,1-5H3. The van der Waals surface area contributed by atoms with E-state index in [0.29, 0.717) is 23.7 Å². The van der Waals surface area contributed by atoms with Gasteiger partial charge in [-0.3, -0.25) is 0 Å². The Balaban J connectivity index is 2.20. The quantitative estimate of drug-likeness (QED) is 0.518. The lowest BCUT2D eigenvalue weighted by Crippen LogP contribution is -2.60. The van der Waals surface area contributed by atoms with Crippen LogP contribution in [-0.2, 0) is 9.26 Å². The summed E-state index contributed by atoms with van der Waals surface area (Å²) in [6.07, 6.45) is 4.20. The van der Waals surface area contributed by atoms with Crippen LogP contribution in [0.25, 0.3) is 0 Å². The van der Waals surface area contributed by atoms with Gasteiger partial charge in [0, 0.05) is 0 Å². The van der Waals surface area contributed by atoms with Crippen molar-refractivity contribution in [3.63, 3.8) is 0 Å². The van der Waals surface area contributed by atoms with Gasteiger partial charge in [-0.2, -0.15) is 0 Å². The van der Waals surface area contributed by atoms with Crippen molar-refractivity contribution in [3.8, 4) is 0 Å². The molecule has 5 unspecified atom stereocenters. The maximum Gasteiger partial charge on any atom is 0.327 e. The van der Waals surface area contributed by atoms with Crippen LogP contribution in [0.5, 0.6) is 0 Å². The fourth-order valence-corrected chi connectivity index (χ4v) is 5.13. The minimum atomic E-state index is -2.42. The molecular weight excluding hydrogens is 327 g/mol. The minimum absolute atomic E-state index is 0.264. The highest BCUT2D eigenvalue weighted by molar-refractivity contribution is 7.39. The molecule has 142 valence electrons. The maximum absolute atomic E-state index is 9.69. The van der Waals surface area contributed by atoms with E-state index in [9.17, 15) is 14.9 Å². The Hall–Kier alpha value is 0.230. The van der Waals surface area contributed by atoms with Crippen LogP contribution in [0.4, 0.5) is 0 Å². The Morgan fingerprint density at radius 2 is 1.62 bits per heavy atom. The molecule has 0 amide bonds. The number of aliphatic hydroxyl groups is 1. The number of rotatable bonds is 10. The smallest absolute Gasteiger partial charge is 0.327 e. The van der Waals surface area contributed by atoms with Crippen LogP contribution >= 0.6 is 8.60 Å². The zero-order valence-electron chi connectivity index (χ0n) is 15.7. The zero-order chi connectivity index (χ0) is 18.1. The van der Waals surface area contributed by atoms with Crippen LogP contribution in [0.3, 0.4) is 0 Å². The summed E-state index contributed by atoms with van der Waals surface area (Å²) in [7, 11) is -2.42. The topological polar surface area (TPSA) is 79.2 Å². The molecule has 5 nitrogen and oxygen atoms in total. The molecule has 0 bridgehead atoms. The fourth-order valence-electron chi connectivity index (χ4n) is 4.46. The summed E-state index contributed by atoms with van der Waals surface area (Å²) in [6.45, 7) is 10.8. The van der Waals surface area contributed by atoms with Crippen molar-refractivity contribution in [1.29, 1.82) is 0 Å². The maximum atomic E-state index is 9.69. The molecular formula is C18H35O5P. The second-order valence-electron chi connectivity index (χ2n) is 8.14. The average molecular weight is 362 g/mol. The van der Waals surface area contributed by atoms with Gasteiger partial charge < -0.3 is 24.2 Å². The summed E-state index contributed by atoms with van der Waals surface area (Å²) in [5.74, 6) is 1.94. The lowest BCUT2D eigenvalue weighted by Gasteiger charge is -2.54. The molecule has 5 atom stereocenters. The highest BCUT2D eigenvalue weighted by Crippen LogP contribution is 2.69. The first-order valence-corrected chi connectivity index (χ1v) is 10.6. The monoisotopic (exact) mass is 362 g/mol. The van der Waals surface area contributed by atoms with Crippen molar-refractivity contribution in [2.24, 2.45) is 23.7 Å². The number of hydrogen-bond donors (Lipinski definition) is 3. The van der Waals surface area contributed by atoms with Gasteiger partial charge in [-0.1, -0.05) is 40.5 Å². The van der Waals surface area contributed by atoms with E-state index in [4.69, 9.17) is 9.26 Å². The van der Waals surface area contributed by atoms with E-state index in [0.717, 1.165) is 32.1 Å². The van der Waals surface area contributed by atoms with Gasteiger partial charge in [0.05, 0.1) is 18.3 Å². The van der Waals surface area contributed by atoms with Crippen LogP contribution in [0.2, 0.25) is 0 Å². The Morgan fingerprint density at radius 1 is 1.04 bits per heavy atom. The molecule has 2 aliphatic rings. The minimum Gasteiger partial charge on any atom is -0.391 e. The Bertz CT molecular complexity index is 410. The summed E-state index contributed by atoms with van der Waals surface area (Å²) in [5, 5.41) is 9.69. The van der Waals surface area contributed by atoms with E-state index in [1.807, 2.05) is 0 Å². The number of hydrogen-bond acceptors (Lipinski definition) is 5. The number of aliphatic hydroxyl groups excluding tert-OH is 1. The van der Waals surface area contributed by atoms with Crippen LogP contribution in [0.15, 0.2) is 0 Å². The molecule has 0 saturated heterocycles. The molecule has 3 N–H and O–H groups in total. The SMILES string of the molecule is CCC(C)C1CC(OCC(C)O)(C2(OP(O)O)CC2C(C)CC)C1. The predicted octanol–water partition coefficient (Wildman–Crippen LogP) is 3.61. The van der Waals surface area contributed by atoms with Crippen molar-refractivity contribution in [3.05, 3.63) is 0 Å². The molecule has 24 heavy (non-hydrogen) atoms. The Morgan fingerprint density at radius 3 is 2.08 bits per heavy atom. The van der Waals surface area contributed by atoms with Gasteiger partial charge in [0.25, 0.3) is 0 Å². The lowest BCUT2D eigenvalue weighted by atomic mass is 9.61. The van der Waals surface area contributed by atoms with Gasteiger partial charge in [0.2, 0.25) is 0 Å². The highest BCUT2D eigenvalue weighted by Gasteiger charge is 2.74. The van der Waals surface area contributed by atoms with E-state index in [-0.39, 0.29) is 6.61 Å². The summed E-state index contributed by atoms with van der Waals surface area (Å²) >= 11 is 0. The summed E-state index contributed by atoms with van der Waals surface area (Å²) in [5.41, 5.74) is -1.09. The van der Waals surface area contributed by atoms with Crippen molar-refractivity contribution in [2.75, 3.05) is 6.61 Å². The van der Waals surface area contributed by atoms with Gasteiger partial charge in [-0.25, -0.2) is 0 Å². The molecule has 0 aromatic carbocycles. The Labute approximate surface area is 147 Å². The molecule has 0 spiro atoms. The summed E-state index contributed by atoms with van der Waals surface area (Å²) in [6, 6.07) is 0. The molecule has 0 radical (unpaired) electrons. The normalized spacial score (nSPS) is 39.4. The third-order valence-corrected chi connectivity index (χ3v) is 7.03. The second-order valence-corrected chi connectivity index (χ2v) is 8.83.